The molecule has 0 unspecified atom stereocenters. The first-order valence-corrected chi connectivity index (χ1v) is 7.49. The summed E-state index contributed by atoms with van der Waals surface area (Å²) in [6.07, 6.45) is 0. The first kappa shape index (κ1) is 12.9. The predicted molar refractivity (Wildman–Crippen MR) is 65.6 cm³/mol. The van der Waals surface area contributed by atoms with E-state index in [-0.39, 0.29) is 0 Å². The van der Waals surface area contributed by atoms with E-state index in [1.165, 1.54) is 0 Å². The van der Waals surface area contributed by atoms with Crippen LogP contribution in [0, 0.1) is 0 Å². The number of benzene rings is 1. The van der Waals surface area contributed by atoms with Gasteiger partial charge in [-0.2, -0.15) is 0 Å². The largest absolute Gasteiger partial charge is 0.536 e. The van der Waals surface area contributed by atoms with Crippen molar-refractivity contribution in [3.8, 4) is 0 Å². The van der Waals surface area contributed by atoms with Crippen LogP contribution >= 0.6 is 15.9 Å². The van der Waals surface area contributed by atoms with E-state index >= 15 is 0 Å². The molecule has 0 aliphatic rings. The fraction of sp³-hybridized carbons (Fsp3) is 0.400. The fourth-order valence-electron chi connectivity index (χ4n) is 1.34. The molecule has 0 radical (unpaired) electrons. The van der Waals surface area contributed by atoms with Crippen LogP contribution in [0.2, 0.25) is 0 Å². The summed E-state index contributed by atoms with van der Waals surface area (Å²) in [4.78, 5) is 0. The molecule has 0 aliphatic heterocycles. The summed E-state index contributed by atoms with van der Waals surface area (Å²) in [5.74, 6) is 0. The molecule has 3 nitrogen and oxygen atoms in total. The number of alkyl halides is 1. The highest BCUT2D eigenvalue weighted by molar-refractivity contribution is 9.09. The quantitative estimate of drug-likeness (QED) is 0.588. The highest BCUT2D eigenvalue weighted by atomic mass is 79.9. The molecule has 5 heteroatoms. The molecule has 0 aliphatic carbocycles. The Morgan fingerprint density at radius 2 is 1.73 bits per heavy atom. The summed E-state index contributed by atoms with van der Waals surface area (Å²) in [6.45, 7) is 0.572. The van der Waals surface area contributed by atoms with Gasteiger partial charge in [0.1, 0.15) is 0 Å². The SMILES string of the molecule is CO[Si](OC)(OCCBr)c1ccccc1. The molecule has 0 N–H and O–H groups in total. The molecule has 0 spiro atoms. The summed E-state index contributed by atoms with van der Waals surface area (Å²) >= 11 is 3.32. The average Bonchev–Trinajstić information content (AvgIpc) is 2.33. The van der Waals surface area contributed by atoms with Crippen molar-refractivity contribution in [1.29, 1.82) is 0 Å². The molecule has 1 aromatic rings. The van der Waals surface area contributed by atoms with Gasteiger partial charge < -0.3 is 13.3 Å². The Bertz CT molecular complexity index is 277. The van der Waals surface area contributed by atoms with E-state index < -0.39 is 8.80 Å². The van der Waals surface area contributed by atoms with Crippen LogP contribution in [0.3, 0.4) is 0 Å². The zero-order chi connectivity index (χ0) is 11.1. The lowest BCUT2D eigenvalue weighted by Crippen LogP contribution is -2.55. The van der Waals surface area contributed by atoms with E-state index in [4.69, 9.17) is 13.3 Å². The van der Waals surface area contributed by atoms with Gasteiger partial charge in [0.05, 0.1) is 0 Å². The van der Waals surface area contributed by atoms with E-state index in [1.54, 1.807) is 14.2 Å². The van der Waals surface area contributed by atoms with Crippen LogP contribution in [-0.4, -0.2) is 35.0 Å². The smallest absolute Gasteiger partial charge is 0.373 e. The maximum absolute atomic E-state index is 5.71. The summed E-state index contributed by atoms with van der Waals surface area (Å²) in [5.41, 5.74) is 0. The van der Waals surface area contributed by atoms with Crippen molar-refractivity contribution in [2.75, 3.05) is 26.2 Å². The number of halogens is 1. The Kier molecular flexibility index (Phi) is 5.48. The van der Waals surface area contributed by atoms with Crippen molar-refractivity contribution in [2.45, 2.75) is 0 Å². The molecule has 0 fully saturated rings. The number of hydrogen-bond acceptors (Lipinski definition) is 3. The molecule has 0 bridgehead atoms. The van der Waals surface area contributed by atoms with Crippen LogP contribution in [0.25, 0.3) is 0 Å². The third kappa shape index (κ3) is 3.12. The third-order valence-corrected chi connectivity index (χ3v) is 5.06. The summed E-state index contributed by atoms with van der Waals surface area (Å²) in [5, 5.41) is 1.75. The molecule has 84 valence electrons. The Morgan fingerprint density at radius 3 is 2.20 bits per heavy atom. The van der Waals surface area contributed by atoms with Gasteiger partial charge in [0.15, 0.2) is 0 Å². The second-order valence-electron chi connectivity index (χ2n) is 2.87. The van der Waals surface area contributed by atoms with E-state index in [0.717, 1.165) is 10.5 Å². The fourth-order valence-corrected chi connectivity index (χ4v) is 3.81. The molecule has 0 atom stereocenters. The zero-order valence-corrected chi connectivity index (χ0v) is 11.5. The maximum atomic E-state index is 5.71. The topological polar surface area (TPSA) is 27.7 Å². The van der Waals surface area contributed by atoms with Crippen LogP contribution in [0.15, 0.2) is 30.3 Å². The van der Waals surface area contributed by atoms with Gasteiger partial charge in [-0.05, 0) is 0 Å². The van der Waals surface area contributed by atoms with Gasteiger partial charge in [-0.25, -0.2) is 0 Å². The second-order valence-corrected chi connectivity index (χ2v) is 6.46. The molecule has 1 rings (SSSR count). The third-order valence-electron chi connectivity index (χ3n) is 2.03. The molecule has 15 heavy (non-hydrogen) atoms. The van der Waals surface area contributed by atoms with Gasteiger partial charge in [0.25, 0.3) is 0 Å². The van der Waals surface area contributed by atoms with Crippen molar-refractivity contribution in [1.82, 2.24) is 0 Å². The monoisotopic (exact) mass is 290 g/mol. The Labute approximate surface area is 99.9 Å². The van der Waals surface area contributed by atoms with Crippen LogP contribution < -0.4 is 5.19 Å². The van der Waals surface area contributed by atoms with Crippen molar-refractivity contribution in [2.24, 2.45) is 0 Å². The van der Waals surface area contributed by atoms with Crippen LogP contribution in [-0.2, 0) is 13.3 Å². The molecule has 1 aromatic carbocycles. The average molecular weight is 291 g/mol. The van der Waals surface area contributed by atoms with Gasteiger partial charge >= 0.3 is 8.80 Å². The Hall–Kier alpha value is -0.203. The highest BCUT2D eigenvalue weighted by Crippen LogP contribution is 2.08. The lowest BCUT2D eigenvalue weighted by molar-refractivity contribution is 0.121. The number of hydrogen-bond donors (Lipinski definition) is 0. The molecule has 0 saturated carbocycles. The van der Waals surface area contributed by atoms with Gasteiger partial charge in [0, 0.05) is 31.3 Å². The van der Waals surface area contributed by atoms with Crippen molar-refractivity contribution in [3.63, 3.8) is 0 Å². The lowest BCUT2D eigenvalue weighted by atomic mass is 10.4. The first-order chi connectivity index (χ1) is 7.29. The van der Waals surface area contributed by atoms with E-state index in [2.05, 4.69) is 15.9 Å². The normalized spacial score (nSPS) is 11.7. The van der Waals surface area contributed by atoms with Crippen LogP contribution in [0.1, 0.15) is 0 Å². The Morgan fingerprint density at radius 1 is 1.13 bits per heavy atom. The van der Waals surface area contributed by atoms with E-state index in [0.29, 0.717) is 6.61 Å². The summed E-state index contributed by atoms with van der Waals surface area (Å²) in [7, 11) is 0.573. The molecule has 0 amide bonds. The van der Waals surface area contributed by atoms with Crippen molar-refractivity contribution >= 4 is 29.9 Å². The van der Waals surface area contributed by atoms with E-state index in [9.17, 15) is 0 Å². The van der Waals surface area contributed by atoms with Gasteiger partial charge in [-0.3, -0.25) is 0 Å². The zero-order valence-electron chi connectivity index (χ0n) is 8.90. The standard InChI is InChI=1S/C10H15BrO3Si/c1-12-15(13-2,14-9-8-11)10-6-4-3-5-7-10/h3-7H,8-9H2,1-2H3. The second kappa shape index (κ2) is 6.39. The predicted octanol–water partition coefficient (Wildman–Crippen LogP) is 1.54. The first-order valence-electron chi connectivity index (χ1n) is 4.65. The molecule has 0 aromatic heterocycles. The van der Waals surface area contributed by atoms with Gasteiger partial charge in [-0.15, -0.1) is 0 Å². The van der Waals surface area contributed by atoms with Crippen LogP contribution in [0.5, 0.6) is 0 Å². The lowest BCUT2D eigenvalue weighted by Gasteiger charge is -2.26. The summed E-state index contributed by atoms with van der Waals surface area (Å²) < 4.78 is 16.6. The maximum Gasteiger partial charge on any atom is 0.536 e. The van der Waals surface area contributed by atoms with E-state index in [1.807, 2.05) is 30.3 Å². The van der Waals surface area contributed by atoms with Gasteiger partial charge in [-0.1, -0.05) is 46.3 Å². The van der Waals surface area contributed by atoms with Gasteiger partial charge in [0.2, 0.25) is 0 Å². The minimum absolute atomic E-state index is 0.572. The molecular formula is C10H15BrO3Si. The summed E-state index contributed by atoms with van der Waals surface area (Å²) in [6, 6.07) is 9.79. The Balaban J connectivity index is 2.89. The highest BCUT2D eigenvalue weighted by Gasteiger charge is 2.41. The molecular weight excluding hydrogens is 276 g/mol. The molecule has 0 heterocycles. The van der Waals surface area contributed by atoms with Crippen molar-refractivity contribution in [3.05, 3.63) is 30.3 Å². The molecule has 0 saturated heterocycles. The van der Waals surface area contributed by atoms with Crippen molar-refractivity contribution < 1.29 is 13.3 Å². The minimum Gasteiger partial charge on any atom is -0.373 e. The number of rotatable bonds is 6. The van der Waals surface area contributed by atoms with Crippen LogP contribution in [0.4, 0.5) is 0 Å². The minimum atomic E-state index is -2.67.